The predicted molar refractivity (Wildman–Crippen MR) is 150 cm³/mol. The standard InChI is InChI=1S/C31H42N2O5/c1-8-24(29(35)32-19-28(34)33(7)26(21(2)3)18-22(4)30(36)37)31(5,6)25-16-12-13-17-27(25)38-20-23-14-10-9-11-15-23/h9-18,21,24,26H,8,19-20H2,1-7H3,(H,32,35)(H,36,37)/b22-18+/t24-,26-/m1/s1. The van der Waals surface area contributed by atoms with E-state index in [9.17, 15) is 19.5 Å². The Hall–Kier alpha value is -3.61. The Balaban J connectivity index is 2.15. The van der Waals surface area contributed by atoms with Gasteiger partial charge in [0.25, 0.3) is 0 Å². The Morgan fingerprint density at radius 2 is 1.66 bits per heavy atom. The molecular formula is C31H42N2O5. The Bertz CT molecular complexity index is 1120. The van der Waals surface area contributed by atoms with Crippen LogP contribution in [0.25, 0.3) is 0 Å². The van der Waals surface area contributed by atoms with Crippen LogP contribution in [0.3, 0.4) is 0 Å². The van der Waals surface area contributed by atoms with E-state index in [4.69, 9.17) is 4.74 Å². The van der Waals surface area contributed by atoms with Gasteiger partial charge in [0, 0.05) is 29.5 Å². The first-order chi connectivity index (χ1) is 17.9. The largest absolute Gasteiger partial charge is 0.489 e. The summed E-state index contributed by atoms with van der Waals surface area (Å²) in [5.41, 5.74) is 1.59. The number of ether oxygens (including phenoxy) is 1. The molecule has 0 aliphatic heterocycles. The summed E-state index contributed by atoms with van der Waals surface area (Å²) in [5.74, 6) is -1.20. The molecule has 0 saturated heterocycles. The van der Waals surface area contributed by atoms with Gasteiger partial charge >= 0.3 is 5.97 Å². The maximum absolute atomic E-state index is 13.4. The van der Waals surface area contributed by atoms with Gasteiger partial charge in [-0.15, -0.1) is 0 Å². The van der Waals surface area contributed by atoms with Crippen molar-refractivity contribution in [2.75, 3.05) is 13.6 Å². The zero-order valence-corrected chi connectivity index (χ0v) is 23.7. The molecule has 2 amide bonds. The molecule has 0 aromatic heterocycles. The molecule has 0 radical (unpaired) electrons. The quantitative estimate of drug-likeness (QED) is 0.353. The van der Waals surface area contributed by atoms with Gasteiger partial charge in [-0.25, -0.2) is 4.79 Å². The second kappa shape index (κ2) is 13.8. The molecule has 0 fully saturated rings. The molecule has 7 nitrogen and oxygen atoms in total. The number of amides is 2. The summed E-state index contributed by atoms with van der Waals surface area (Å²) < 4.78 is 6.17. The van der Waals surface area contributed by atoms with E-state index < -0.39 is 23.3 Å². The van der Waals surface area contributed by atoms with Crippen molar-refractivity contribution in [1.29, 1.82) is 0 Å². The summed E-state index contributed by atoms with van der Waals surface area (Å²) in [6.07, 6.45) is 2.15. The monoisotopic (exact) mass is 522 g/mol. The average molecular weight is 523 g/mol. The minimum Gasteiger partial charge on any atom is -0.489 e. The maximum Gasteiger partial charge on any atom is 0.331 e. The average Bonchev–Trinajstić information content (AvgIpc) is 2.89. The summed E-state index contributed by atoms with van der Waals surface area (Å²) >= 11 is 0. The first-order valence-corrected chi connectivity index (χ1v) is 13.1. The number of hydrogen-bond acceptors (Lipinski definition) is 4. The highest BCUT2D eigenvalue weighted by atomic mass is 16.5. The normalized spacial score (nSPS) is 13.5. The van der Waals surface area contributed by atoms with Gasteiger partial charge in [0.05, 0.1) is 12.6 Å². The number of carbonyl (C=O) groups is 3. The van der Waals surface area contributed by atoms with Crippen LogP contribution in [0.1, 0.15) is 59.1 Å². The van der Waals surface area contributed by atoms with E-state index in [0.717, 1.165) is 16.9 Å². The molecule has 2 aromatic rings. The molecule has 0 heterocycles. The predicted octanol–water partition coefficient (Wildman–Crippen LogP) is 5.20. The Kier molecular flexibility index (Phi) is 11.1. The minimum absolute atomic E-state index is 0.00339. The van der Waals surface area contributed by atoms with Crippen molar-refractivity contribution in [3.63, 3.8) is 0 Å². The van der Waals surface area contributed by atoms with Crippen LogP contribution in [0.2, 0.25) is 0 Å². The molecule has 2 rings (SSSR count). The highest BCUT2D eigenvalue weighted by Gasteiger charge is 2.37. The molecule has 0 saturated carbocycles. The van der Waals surface area contributed by atoms with Crippen LogP contribution < -0.4 is 10.1 Å². The van der Waals surface area contributed by atoms with E-state index in [1.807, 2.05) is 89.2 Å². The first-order valence-electron chi connectivity index (χ1n) is 13.1. The van der Waals surface area contributed by atoms with Crippen molar-refractivity contribution >= 4 is 17.8 Å². The third-order valence-electron chi connectivity index (χ3n) is 7.11. The number of aliphatic carboxylic acids is 1. The fourth-order valence-electron chi connectivity index (χ4n) is 4.73. The number of hydrogen-bond donors (Lipinski definition) is 2. The molecule has 38 heavy (non-hydrogen) atoms. The molecule has 0 aliphatic rings. The van der Waals surface area contributed by atoms with Crippen LogP contribution in [-0.2, 0) is 26.4 Å². The number of rotatable bonds is 13. The molecular weight excluding hydrogens is 480 g/mol. The van der Waals surface area contributed by atoms with Crippen LogP contribution in [0.5, 0.6) is 5.75 Å². The van der Waals surface area contributed by atoms with E-state index in [-0.39, 0.29) is 29.9 Å². The number of carboxylic acid groups (broad SMARTS) is 1. The number of benzene rings is 2. The van der Waals surface area contributed by atoms with Crippen molar-refractivity contribution in [3.05, 3.63) is 77.4 Å². The summed E-state index contributed by atoms with van der Waals surface area (Å²) in [7, 11) is 1.63. The van der Waals surface area contributed by atoms with Crippen molar-refractivity contribution in [2.24, 2.45) is 11.8 Å². The molecule has 0 bridgehead atoms. The molecule has 0 unspecified atom stereocenters. The lowest BCUT2D eigenvalue weighted by atomic mass is 9.71. The van der Waals surface area contributed by atoms with Crippen molar-refractivity contribution in [1.82, 2.24) is 10.2 Å². The third-order valence-corrected chi connectivity index (χ3v) is 7.11. The Labute approximate surface area is 226 Å². The number of likely N-dealkylation sites (N-methyl/N-ethyl adjacent to an activating group) is 1. The smallest absolute Gasteiger partial charge is 0.331 e. The lowest BCUT2D eigenvalue weighted by Crippen LogP contribution is -2.48. The number of carbonyl (C=O) groups excluding carboxylic acids is 2. The molecule has 7 heteroatoms. The highest BCUT2D eigenvalue weighted by Crippen LogP contribution is 2.39. The topological polar surface area (TPSA) is 95.9 Å². The van der Waals surface area contributed by atoms with E-state index in [2.05, 4.69) is 5.32 Å². The van der Waals surface area contributed by atoms with Gasteiger partial charge in [0.1, 0.15) is 12.4 Å². The summed E-state index contributed by atoms with van der Waals surface area (Å²) in [4.78, 5) is 39.1. The first kappa shape index (κ1) is 30.6. The molecule has 2 atom stereocenters. The second-order valence-electron chi connectivity index (χ2n) is 10.6. The van der Waals surface area contributed by atoms with E-state index in [0.29, 0.717) is 13.0 Å². The third kappa shape index (κ3) is 7.94. The van der Waals surface area contributed by atoms with Crippen molar-refractivity contribution in [2.45, 2.75) is 66.0 Å². The molecule has 0 aliphatic carbocycles. The van der Waals surface area contributed by atoms with E-state index >= 15 is 0 Å². The molecule has 2 N–H and O–H groups in total. The Morgan fingerprint density at radius 1 is 1.05 bits per heavy atom. The minimum atomic E-state index is -1.02. The molecule has 0 spiro atoms. The molecule has 206 valence electrons. The second-order valence-corrected chi connectivity index (χ2v) is 10.6. The van der Waals surface area contributed by atoms with Crippen molar-refractivity contribution in [3.8, 4) is 5.75 Å². The summed E-state index contributed by atoms with van der Waals surface area (Å²) in [6, 6.07) is 17.3. The van der Waals surface area contributed by atoms with Crippen molar-refractivity contribution < 1.29 is 24.2 Å². The van der Waals surface area contributed by atoms with E-state index in [1.165, 1.54) is 11.8 Å². The number of nitrogens with one attached hydrogen (secondary N) is 1. The number of carboxylic acids is 1. The van der Waals surface area contributed by atoms with Crippen LogP contribution >= 0.6 is 0 Å². The van der Waals surface area contributed by atoms with Crippen LogP contribution in [0.15, 0.2) is 66.2 Å². The SMILES string of the molecule is CC[C@H](C(=O)NCC(=O)N(C)[C@H](/C=C(\C)C(=O)O)C(C)C)C(C)(C)c1ccccc1OCc1ccccc1. The summed E-state index contributed by atoms with van der Waals surface area (Å²) in [5, 5.41) is 12.1. The molecule has 2 aromatic carbocycles. The maximum atomic E-state index is 13.4. The lowest BCUT2D eigenvalue weighted by Gasteiger charge is -2.35. The zero-order chi connectivity index (χ0) is 28.5. The van der Waals surface area contributed by atoms with E-state index in [1.54, 1.807) is 13.1 Å². The van der Waals surface area contributed by atoms with Gasteiger partial charge in [-0.2, -0.15) is 0 Å². The lowest BCUT2D eigenvalue weighted by molar-refractivity contribution is -0.135. The zero-order valence-electron chi connectivity index (χ0n) is 23.7. The fourth-order valence-corrected chi connectivity index (χ4v) is 4.73. The van der Waals surface area contributed by atoms with Gasteiger partial charge < -0.3 is 20.1 Å². The van der Waals surface area contributed by atoms with Crippen LogP contribution in [-0.4, -0.2) is 47.4 Å². The summed E-state index contributed by atoms with van der Waals surface area (Å²) in [6.45, 7) is 11.6. The highest BCUT2D eigenvalue weighted by molar-refractivity contribution is 5.88. The van der Waals surface area contributed by atoms with Crippen LogP contribution in [0, 0.1) is 11.8 Å². The van der Waals surface area contributed by atoms with Gasteiger partial charge in [-0.1, -0.05) is 89.2 Å². The van der Waals surface area contributed by atoms with Gasteiger partial charge in [-0.3, -0.25) is 9.59 Å². The van der Waals surface area contributed by atoms with Gasteiger partial charge in [-0.05, 0) is 30.9 Å². The fraction of sp³-hybridized carbons (Fsp3) is 0.452. The van der Waals surface area contributed by atoms with Gasteiger partial charge in [0.2, 0.25) is 11.8 Å². The van der Waals surface area contributed by atoms with Gasteiger partial charge in [0.15, 0.2) is 0 Å². The number of para-hydroxylation sites is 1. The Morgan fingerprint density at radius 3 is 2.24 bits per heavy atom. The van der Waals surface area contributed by atoms with Crippen LogP contribution in [0.4, 0.5) is 0 Å². The number of nitrogens with zero attached hydrogens (tertiary/aromatic N) is 1.